The van der Waals surface area contributed by atoms with Gasteiger partial charge in [0.1, 0.15) is 11.6 Å². The van der Waals surface area contributed by atoms with Gasteiger partial charge in [-0.15, -0.1) is 6.58 Å². The van der Waals surface area contributed by atoms with Crippen LogP contribution in [-0.4, -0.2) is 88.1 Å². The van der Waals surface area contributed by atoms with Crippen molar-refractivity contribution in [3.63, 3.8) is 0 Å². The van der Waals surface area contributed by atoms with Crippen LogP contribution >= 0.6 is 15.9 Å². The summed E-state index contributed by atoms with van der Waals surface area (Å²) in [6.07, 6.45) is 3.75. The van der Waals surface area contributed by atoms with Crippen molar-refractivity contribution in [1.82, 2.24) is 9.80 Å². The summed E-state index contributed by atoms with van der Waals surface area (Å²) in [5.41, 5.74) is -1.08. The highest BCUT2D eigenvalue weighted by atomic mass is 79.9. The molecule has 0 saturated carbocycles. The fraction of sp³-hybridized carbons (Fsp3) is 0.773. The number of ether oxygens (including phenoxy) is 2. The number of alkyl halides is 1. The van der Waals surface area contributed by atoms with Gasteiger partial charge in [-0.1, -0.05) is 35.4 Å². The van der Waals surface area contributed by atoms with Gasteiger partial charge >= 0.3 is 5.97 Å². The number of carbonyl (C=O) groups is 3. The second kappa shape index (κ2) is 10.0. The first kappa shape index (κ1) is 24.2. The lowest BCUT2D eigenvalue weighted by Gasteiger charge is -2.37. The van der Waals surface area contributed by atoms with Gasteiger partial charge in [0.25, 0.3) is 0 Å². The quantitative estimate of drug-likeness (QED) is 0.262. The second-order valence-electron chi connectivity index (χ2n) is 8.45. The second-order valence-corrected chi connectivity index (χ2v) is 9.63. The van der Waals surface area contributed by atoms with Crippen molar-refractivity contribution in [3.05, 3.63) is 12.7 Å². The van der Waals surface area contributed by atoms with Crippen molar-refractivity contribution in [2.24, 2.45) is 11.8 Å². The monoisotopic (exact) mass is 500 g/mol. The van der Waals surface area contributed by atoms with Gasteiger partial charge < -0.3 is 24.4 Å². The zero-order valence-electron chi connectivity index (χ0n) is 18.3. The summed E-state index contributed by atoms with van der Waals surface area (Å²) in [6, 6.07) is -0.835. The van der Waals surface area contributed by atoms with Crippen LogP contribution in [0.25, 0.3) is 0 Å². The topological polar surface area (TPSA) is 96.4 Å². The summed E-state index contributed by atoms with van der Waals surface area (Å²) < 4.78 is 11.6. The highest BCUT2D eigenvalue weighted by Crippen LogP contribution is 2.60. The van der Waals surface area contributed by atoms with E-state index >= 15 is 0 Å². The van der Waals surface area contributed by atoms with Crippen molar-refractivity contribution in [1.29, 1.82) is 0 Å². The van der Waals surface area contributed by atoms with Gasteiger partial charge in [0.05, 0.1) is 24.5 Å². The largest absolute Gasteiger partial charge is 0.466 e. The summed E-state index contributed by atoms with van der Waals surface area (Å²) in [5.74, 6) is -2.41. The third-order valence-corrected chi connectivity index (χ3v) is 7.43. The van der Waals surface area contributed by atoms with Gasteiger partial charge in [-0.25, -0.2) is 0 Å². The Morgan fingerprint density at radius 3 is 2.77 bits per heavy atom. The first-order valence-corrected chi connectivity index (χ1v) is 12.1. The fourth-order valence-electron chi connectivity index (χ4n) is 5.37. The number of unbranched alkanes of at least 4 members (excludes halogenated alkanes) is 1. The highest BCUT2D eigenvalue weighted by molar-refractivity contribution is 9.09. The predicted octanol–water partition coefficient (Wildman–Crippen LogP) is 1.49. The van der Waals surface area contributed by atoms with Crippen molar-refractivity contribution in [3.8, 4) is 0 Å². The molecule has 1 N–H and O–H groups in total. The Hall–Kier alpha value is -1.45. The van der Waals surface area contributed by atoms with Crippen LogP contribution in [0.1, 0.15) is 39.5 Å². The van der Waals surface area contributed by atoms with Gasteiger partial charge in [-0.3, -0.25) is 14.4 Å². The van der Waals surface area contributed by atoms with Crippen molar-refractivity contribution in [2.45, 2.75) is 62.1 Å². The van der Waals surface area contributed by atoms with Gasteiger partial charge in [0, 0.05) is 31.1 Å². The Balaban J connectivity index is 2.01. The van der Waals surface area contributed by atoms with Crippen molar-refractivity contribution in [2.75, 3.05) is 32.8 Å². The molecule has 0 aliphatic carbocycles. The fourth-order valence-corrected chi connectivity index (χ4v) is 6.31. The number of hydrogen-bond acceptors (Lipinski definition) is 6. The van der Waals surface area contributed by atoms with Gasteiger partial charge in [0.2, 0.25) is 11.8 Å². The molecule has 1 spiro atoms. The van der Waals surface area contributed by atoms with Crippen LogP contribution in [0.5, 0.6) is 0 Å². The Morgan fingerprint density at radius 2 is 2.16 bits per heavy atom. The van der Waals surface area contributed by atoms with Gasteiger partial charge in [0.15, 0.2) is 0 Å². The van der Waals surface area contributed by atoms with E-state index in [0.29, 0.717) is 25.9 Å². The van der Waals surface area contributed by atoms with Crippen LogP contribution in [-0.2, 0) is 23.9 Å². The number of aliphatic hydroxyl groups is 1. The molecule has 6 atom stereocenters. The molecule has 3 rings (SSSR count). The Morgan fingerprint density at radius 1 is 1.42 bits per heavy atom. The van der Waals surface area contributed by atoms with Crippen LogP contribution in [0.3, 0.4) is 0 Å². The Bertz CT molecular complexity index is 718. The molecule has 2 bridgehead atoms. The molecule has 0 radical (unpaired) electrons. The molecule has 0 aromatic heterocycles. The summed E-state index contributed by atoms with van der Waals surface area (Å²) in [5, 5.41) is 9.37. The van der Waals surface area contributed by atoms with Crippen LogP contribution in [0.15, 0.2) is 12.7 Å². The number of fused-ring (bicyclic) bond motifs is 1. The van der Waals surface area contributed by atoms with Crippen LogP contribution in [0.4, 0.5) is 0 Å². The maximum absolute atomic E-state index is 13.8. The van der Waals surface area contributed by atoms with Crippen molar-refractivity contribution < 1.29 is 29.0 Å². The maximum atomic E-state index is 13.8. The normalized spacial score (nSPS) is 33.5. The molecular formula is C22H33BrN2O6. The molecule has 9 heteroatoms. The number of likely N-dealkylation sites (tertiary alicyclic amines) is 1. The molecule has 1 unspecified atom stereocenters. The summed E-state index contributed by atoms with van der Waals surface area (Å²) in [7, 11) is 0. The van der Waals surface area contributed by atoms with E-state index in [1.807, 2.05) is 0 Å². The number of rotatable bonds is 11. The van der Waals surface area contributed by atoms with Crippen LogP contribution in [0.2, 0.25) is 0 Å². The average Bonchev–Trinajstić information content (AvgIpc) is 3.32. The number of aliphatic hydroxyl groups excluding tert-OH is 1. The van der Waals surface area contributed by atoms with Crippen LogP contribution in [0, 0.1) is 11.8 Å². The first-order chi connectivity index (χ1) is 14.9. The minimum atomic E-state index is -1.08. The summed E-state index contributed by atoms with van der Waals surface area (Å²) in [4.78, 5) is 43.3. The first-order valence-electron chi connectivity index (χ1n) is 11.2. The van der Waals surface area contributed by atoms with E-state index in [1.54, 1.807) is 17.9 Å². The lowest BCUT2D eigenvalue weighted by atomic mass is 9.70. The maximum Gasteiger partial charge on any atom is 0.312 e. The summed E-state index contributed by atoms with van der Waals surface area (Å²) in [6.45, 7) is 8.84. The van der Waals surface area contributed by atoms with E-state index in [1.165, 1.54) is 4.90 Å². The molecule has 3 aliphatic heterocycles. The van der Waals surface area contributed by atoms with Gasteiger partial charge in [-0.2, -0.15) is 0 Å². The highest BCUT2D eigenvalue weighted by Gasteiger charge is 2.76. The zero-order chi connectivity index (χ0) is 22.8. The van der Waals surface area contributed by atoms with E-state index in [4.69, 9.17) is 9.47 Å². The number of carbonyl (C=O) groups excluding carboxylic acids is 3. The van der Waals surface area contributed by atoms with E-state index in [2.05, 4.69) is 29.4 Å². The van der Waals surface area contributed by atoms with E-state index in [0.717, 1.165) is 12.8 Å². The third-order valence-electron chi connectivity index (χ3n) is 6.58. The smallest absolute Gasteiger partial charge is 0.312 e. The predicted molar refractivity (Wildman–Crippen MR) is 117 cm³/mol. The number of esters is 1. The molecule has 31 heavy (non-hydrogen) atoms. The molecular weight excluding hydrogens is 468 g/mol. The minimum absolute atomic E-state index is 0.0968. The molecule has 2 amide bonds. The average molecular weight is 501 g/mol. The number of halogens is 1. The molecule has 3 fully saturated rings. The molecule has 3 heterocycles. The Labute approximate surface area is 192 Å². The lowest BCUT2D eigenvalue weighted by Crippen LogP contribution is -2.57. The Kier molecular flexibility index (Phi) is 7.81. The molecule has 174 valence electrons. The van der Waals surface area contributed by atoms with E-state index in [-0.39, 0.29) is 36.4 Å². The lowest BCUT2D eigenvalue weighted by molar-refractivity contribution is -0.154. The number of nitrogens with zero attached hydrogens (tertiary/aromatic N) is 2. The van der Waals surface area contributed by atoms with E-state index < -0.39 is 35.6 Å². The standard InChI is InChI=1S/C22H33BrN2O6/c1-4-7-10-24(9-5-2)20(28)18-22-13-14(23)17(31-22)15(21(29)30-6-3)16(22)19(27)25(18)11-8-12-26/h5,14-18,26H,2,4,6-13H2,1,3H3/t14?,15-,16+,17-,18-,22+/m0/s1. The number of amides is 2. The molecule has 0 aromatic carbocycles. The van der Waals surface area contributed by atoms with Crippen LogP contribution < -0.4 is 0 Å². The SMILES string of the molecule is C=CCN(CCCC)C(=O)[C@@H]1N(CCCO)C(=O)[C@H]2[C@H](C(=O)OCC)[C@H]3O[C@@]12CC3Br. The van der Waals surface area contributed by atoms with E-state index in [9.17, 15) is 19.5 Å². The number of hydrogen-bond donors (Lipinski definition) is 1. The van der Waals surface area contributed by atoms with Crippen molar-refractivity contribution >= 4 is 33.7 Å². The molecule has 0 aromatic rings. The minimum Gasteiger partial charge on any atom is -0.466 e. The molecule has 3 saturated heterocycles. The third kappa shape index (κ3) is 4.04. The zero-order valence-corrected chi connectivity index (χ0v) is 19.9. The molecule has 8 nitrogen and oxygen atoms in total. The van der Waals surface area contributed by atoms with Gasteiger partial charge in [-0.05, 0) is 26.2 Å². The molecule has 3 aliphatic rings. The summed E-state index contributed by atoms with van der Waals surface area (Å²) >= 11 is 3.62.